The third kappa shape index (κ3) is 12.5. The van der Waals surface area contributed by atoms with Crippen LogP contribution in [0.25, 0.3) is 0 Å². The van der Waals surface area contributed by atoms with E-state index >= 15 is 0 Å². The molecule has 342 valence electrons. The number of anilines is 1. The van der Waals surface area contributed by atoms with Crippen LogP contribution in [0.5, 0.6) is 11.5 Å². The predicted molar refractivity (Wildman–Crippen MR) is 245 cm³/mol. The van der Waals surface area contributed by atoms with Gasteiger partial charge in [-0.1, -0.05) is 61.0 Å². The van der Waals surface area contributed by atoms with Gasteiger partial charge in [-0.25, -0.2) is 4.67 Å². The lowest BCUT2D eigenvalue weighted by Crippen LogP contribution is -2.42. The van der Waals surface area contributed by atoms with Gasteiger partial charge in [0.15, 0.2) is 0 Å². The molecule has 16 nitrogen and oxygen atoms in total. The first-order valence-corrected chi connectivity index (χ1v) is 22.7. The van der Waals surface area contributed by atoms with Crippen LogP contribution in [0.2, 0.25) is 0 Å². The van der Waals surface area contributed by atoms with Gasteiger partial charge in [0.1, 0.15) is 22.8 Å². The molecule has 1 fully saturated rings. The molecule has 2 unspecified atom stereocenters. The van der Waals surface area contributed by atoms with E-state index in [0.717, 1.165) is 22.8 Å². The van der Waals surface area contributed by atoms with Crippen LogP contribution < -0.4 is 14.8 Å². The highest BCUT2D eigenvalue weighted by Gasteiger charge is 2.43. The van der Waals surface area contributed by atoms with Crippen LogP contribution >= 0.6 is 8.53 Å². The van der Waals surface area contributed by atoms with Gasteiger partial charge < -0.3 is 33.5 Å². The molecule has 4 aromatic carbocycles. The number of ether oxygens (including phenoxy) is 3. The smallest absolute Gasteiger partial charge is 0.299 e. The van der Waals surface area contributed by atoms with Crippen LogP contribution in [0.1, 0.15) is 82.9 Å². The minimum atomic E-state index is -1.58. The molecule has 1 saturated heterocycles. The number of nitrogens with one attached hydrogen (secondary N) is 1. The second kappa shape index (κ2) is 23.8. The number of hydrogen-bond acceptors (Lipinski definition) is 13. The first-order valence-electron chi connectivity index (χ1n) is 21.5. The summed E-state index contributed by atoms with van der Waals surface area (Å²) in [4.78, 5) is 37.7. The maximum Gasteiger partial charge on any atom is 0.299 e. The van der Waals surface area contributed by atoms with E-state index in [2.05, 4.69) is 43.8 Å². The molecular formula is C47H59N6O10P. The van der Waals surface area contributed by atoms with Crippen molar-refractivity contribution < 1.29 is 37.9 Å². The van der Waals surface area contributed by atoms with Crippen LogP contribution in [0, 0.1) is 31.6 Å². The summed E-state index contributed by atoms with van der Waals surface area (Å²) < 4.78 is 33.6. The van der Waals surface area contributed by atoms with Crippen LogP contribution in [0.15, 0.2) is 97.1 Å². The summed E-state index contributed by atoms with van der Waals surface area (Å²) in [7, 11) is 1.66. The van der Waals surface area contributed by atoms with Crippen LogP contribution in [-0.2, 0) is 24.2 Å². The molecule has 1 heterocycles. The van der Waals surface area contributed by atoms with Crippen molar-refractivity contribution in [3.05, 3.63) is 134 Å². The summed E-state index contributed by atoms with van der Waals surface area (Å²) >= 11 is 0. The zero-order valence-electron chi connectivity index (χ0n) is 37.4. The monoisotopic (exact) mass is 898 g/mol. The van der Waals surface area contributed by atoms with Gasteiger partial charge in [0, 0.05) is 37.7 Å². The van der Waals surface area contributed by atoms with Crippen molar-refractivity contribution in [2.24, 2.45) is 0 Å². The Morgan fingerprint density at radius 1 is 0.875 bits per heavy atom. The molecule has 1 aliphatic heterocycles. The Bertz CT molecular complexity index is 2120. The number of nitro groups is 2. The molecular weight excluding hydrogens is 840 g/mol. The number of benzene rings is 4. The molecule has 4 aromatic rings. The Morgan fingerprint density at radius 2 is 1.48 bits per heavy atom. The van der Waals surface area contributed by atoms with E-state index in [1.54, 1.807) is 14.2 Å². The summed E-state index contributed by atoms with van der Waals surface area (Å²) in [5.74, 6) is 1.33. The lowest BCUT2D eigenvalue weighted by atomic mass is 9.80. The molecule has 1 aliphatic rings. The topological polar surface area (TPSA) is 192 Å². The fourth-order valence-electron chi connectivity index (χ4n) is 8.01. The molecule has 0 aromatic heterocycles. The van der Waals surface area contributed by atoms with Crippen molar-refractivity contribution in [3.8, 4) is 17.6 Å². The number of likely N-dealkylation sites (tertiary alicyclic amines) is 1. The van der Waals surface area contributed by atoms with Crippen LogP contribution in [-0.4, -0.2) is 90.1 Å². The van der Waals surface area contributed by atoms with Gasteiger partial charge in [0.25, 0.3) is 19.9 Å². The van der Waals surface area contributed by atoms with Crippen molar-refractivity contribution in [1.29, 1.82) is 5.26 Å². The fourth-order valence-corrected chi connectivity index (χ4v) is 9.72. The van der Waals surface area contributed by atoms with E-state index in [9.17, 15) is 30.3 Å². The summed E-state index contributed by atoms with van der Waals surface area (Å²) in [5, 5.41) is 35.1. The maximum absolute atomic E-state index is 14.4. The Morgan fingerprint density at radius 3 is 2.03 bits per heavy atom. The number of amides is 1. The predicted octanol–water partition coefficient (Wildman–Crippen LogP) is 9.76. The van der Waals surface area contributed by atoms with Crippen molar-refractivity contribution in [1.82, 2.24) is 9.57 Å². The second-order valence-corrected chi connectivity index (χ2v) is 17.4. The van der Waals surface area contributed by atoms with Crippen molar-refractivity contribution in [3.63, 3.8) is 0 Å². The molecule has 5 rings (SSSR count). The molecule has 0 spiro atoms. The first-order chi connectivity index (χ1) is 30.8. The van der Waals surface area contributed by atoms with Gasteiger partial charge in [-0.3, -0.25) is 25.0 Å². The van der Waals surface area contributed by atoms with Crippen LogP contribution in [0.4, 0.5) is 17.1 Å². The molecule has 3 atom stereocenters. The van der Waals surface area contributed by atoms with Gasteiger partial charge in [0.05, 0.1) is 68.0 Å². The zero-order valence-corrected chi connectivity index (χ0v) is 38.3. The van der Waals surface area contributed by atoms with Gasteiger partial charge in [-0.05, 0) is 94.0 Å². The van der Waals surface area contributed by atoms with Crippen molar-refractivity contribution in [2.45, 2.75) is 96.1 Å². The highest BCUT2D eigenvalue weighted by Crippen LogP contribution is 2.49. The average molecular weight is 899 g/mol. The van der Waals surface area contributed by atoms with Crippen molar-refractivity contribution >= 4 is 31.5 Å². The van der Waals surface area contributed by atoms with Gasteiger partial charge in [0.2, 0.25) is 5.91 Å². The molecule has 0 aliphatic carbocycles. The van der Waals surface area contributed by atoms with Crippen LogP contribution in [0.3, 0.4) is 0 Å². The maximum atomic E-state index is 14.4. The van der Waals surface area contributed by atoms with E-state index in [4.69, 9.17) is 23.3 Å². The minimum Gasteiger partial charge on any atom is -0.497 e. The molecule has 64 heavy (non-hydrogen) atoms. The third-order valence-electron chi connectivity index (χ3n) is 11.0. The molecule has 0 radical (unpaired) electrons. The Hall–Kier alpha value is -5.69. The normalized spacial score (nSPS) is 15.6. The van der Waals surface area contributed by atoms with Gasteiger partial charge in [-0.2, -0.15) is 5.26 Å². The summed E-state index contributed by atoms with van der Waals surface area (Å²) in [6, 6.07) is 31.0. The molecule has 0 bridgehead atoms. The molecule has 1 amide bonds. The highest BCUT2D eigenvalue weighted by molar-refractivity contribution is 7.44. The fraction of sp³-hybridized carbons (Fsp3) is 0.447. The second-order valence-electron chi connectivity index (χ2n) is 16.0. The Labute approximate surface area is 376 Å². The molecule has 17 heteroatoms. The number of hydrogen-bond donors (Lipinski definition) is 1. The van der Waals surface area contributed by atoms with E-state index in [1.807, 2.05) is 83.8 Å². The number of carbonyl (C=O) groups is 1. The minimum absolute atomic E-state index is 0.0582. The van der Waals surface area contributed by atoms with Crippen molar-refractivity contribution in [2.75, 3.05) is 45.8 Å². The Balaban J connectivity index is 1.41. The van der Waals surface area contributed by atoms with E-state index in [0.29, 0.717) is 50.3 Å². The standard InChI is InChI=1S/C47H59N6O10P/c1-34(2)51(35(3)4)64(62-29-13-27-48)63-43-30-40(50(32-43)46(54)16-11-8-12-28-49-44-26-21-39(52(55)56)31-45(44)53(57)58)33-61-47(36-14-9-7-10-15-36,37-17-22-41(59-5)23-18-37)38-19-24-42(60-6)25-20-38/h7,9-10,14-15,17-26,31,34-35,40,43,49H,8,11-13,16,28-30,32-33H2,1-6H3/t40?,43-,64?/m1/s1. The SMILES string of the molecule is COc1ccc(C(OCC2C[C@@H](OP(OCCC#N)N(C(C)C)C(C)C)CN2C(=O)CCCCCNc2ccc([N+](=O)[O-])cc2[N+](=O)[O-])(c2ccccc2)c2ccc(OC)cc2)cc1. The number of unbranched alkanes of at least 4 members (excludes halogenated alkanes) is 2. The zero-order chi connectivity index (χ0) is 46.2. The highest BCUT2D eigenvalue weighted by atomic mass is 31.2. The average Bonchev–Trinajstić information content (AvgIpc) is 3.70. The molecule has 0 saturated carbocycles. The van der Waals surface area contributed by atoms with E-state index in [-0.39, 0.29) is 73.3 Å². The van der Waals surface area contributed by atoms with Gasteiger partial charge in [-0.15, -0.1) is 0 Å². The van der Waals surface area contributed by atoms with E-state index < -0.39 is 24.0 Å². The summed E-state index contributed by atoms with van der Waals surface area (Å²) in [5.41, 5.74) is 0.960. The van der Waals surface area contributed by atoms with E-state index in [1.165, 1.54) is 12.1 Å². The quantitative estimate of drug-likeness (QED) is 0.0218. The number of nitro benzene ring substituents is 2. The largest absolute Gasteiger partial charge is 0.497 e. The lowest BCUT2D eigenvalue weighted by Gasteiger charge is -2.38. The summed E-state index contributed by atoms with van der Waals surface area (Å²) in [6.45, 7) is 9.38. The first kappa shape index (κ1) is 49.3. The third-order valence-corrected chi connectivity index (χ3v) is 13.2. The van der Waals surface area contributed by atoms with Gasteiger partial charge >= 0.3 is 0 Å². The number of nitrogens with zero attached hydrogens (tertiary/aromatic N) is 5. The number of carbonyl (C=O) groups excluding carboxylic acids is 1. The summed E-state index contributed by atoms with van der Waals surface area (Å²) in [6.07, 6.45) is 2.37. The number of non-ortho nitro benzene ring substituents is 1. The number of rotatable bonds is 25. The number of nitriles is 1. The number of methoxy groups -OCH3 is 2. The lowest BCUT2D eigenvalue weighted by molar-refractivity contribution is -0.393. The molecule has 1 N–H and O–H groups in total. The Kier molecular flexibility index (Phi) is 18.4.